The average molecular weight is 547 g/mol. The zero-order valence-electron chi connectivity index (χ0n) is 21.0. The van der Waals surface area contributed by atoms with Crippen molar-refractivity contribution in [3.05, 3.63) is 65.2 Å². The standard InChI is InChI=1S/C26H31ClN4O5S/c1-26(2,3)36-25(33)31-12-11-30(17-21(31)15-23(32)28-16-18-7-5-4-6-8-18)37(34,35)24-14-19-13-20(27)9-10-22(19)29-24/h4-10,13-14,21,29H,11-12,15-17H2,1-3H3,(H,28,32). The van der Waals surface area contributed by atoms with Crippen molar-refractivity contribution < 1.29 is 22.7 Å². The maximum absolute atomic E-state index is 13.5. The molecule has 11 heteroatoms. The zero-order valence-corrected chi connectivity index (χ0v) is 22.6. The highest BCUT2D eigenvalue weighted by molar-refractivity contribution is 7.89. The van der Waals surface area contributed by atoms with Crippen LogP contribution in [0.2, 0.25) is 5.02 Å². The van der Waals surface area contributed by atoms with E-state index in [4.69, 9.17) is 16.3 Å². The summed E-state index contributed by atoms with van der Waals surface area (Å²) in [6.07, 6.45) is -0.647. The Kier molecular flexibility index (Phi) is 7.82. The predicted octanol–water partition coefficient (Wildman–Crippen LogP) is 4.14. The molecule has 1 aromatic heterocycles. The number of nitrogens with zero attached hydrogens (tertiary/aromatic N) is 2. The van der Waals surface area contributed by atoms with Crippen molar-refractivity contribution in [3.63, 3.8) is 0 Å². The zero-order chi connectivity index (χ0) is 26.8. The van der Waals surface area contributed by atoms with Crippen LogP contribution in [0.15, 0.2) is 59.6 Å². The summed E-state index contributed by atoms with van der Waals surface area (Å²) in [5.74, 6) is -0.290. The van der Waals surface area contributed by atoms with Crippen molar-refractivity contribution >= 4 is 44.5 Å². The molecule has 0 aliphatic carbocycles. The van der Waals surface area contributed by atoms with E-state index < -0.39 is 27.8 Å². The summed E-state index contributed by atoms with van der Waals surface area (Å²) in [6.45, 7) is 5.73. The molecule has 1 aliphatic rings. The van der Waals surface area contributed by atoms with Gasteiger partial charge in [-0.05, 0) is 50.6 Å². The number of amides is 2. The lowest BCUT2D eigenvalue weighted by molar-refractivity contribution is -0.122. The number of piperazine rings is 1. The SMILES string of the molecule is CC(C)(C)OC(=O)N1CCN(S(=O)(=O)c2cc3cc(Cl)ccc3[nH]2)CC1CC(=O)NCc1ccccc1. The molecule has 0 radical (unpaired) electrons. The summed E-state index contributed by atoms with van der Waals surface area (Å²) in [4.78, 5) is 30.2. The summed E-state index contributed by atoms with van der Waals surface area (Å²) in [5, 5.41) is 4.07. The molecule has 1 fully saturated rings. The molecule has 1 aliphatic heterocycles. The molecule has 0 bridgehead atoms. The fourth-order valence-corrected chi connectivity index (χ4v) is 5.88. The van der Waals surface area contributed by atoms with E-state index in [0.717, 1.165) is 5.56 Å². The molecule has 4 rings (SSSR count). The van der Waals surface area contributed by atoms with Crippen LogP contribution in [0.3, 0.4) is 0 Å². The number of nitrogens with one attached hydrogen (secondary N) is 2. The number of benzene rings is 2. The Morgan fingerprint density at radius 3 is 2.54 bits per heavy atom. The third-order valence-corrected chi connectivity index (χ3v) is 8.03. The highest BCUT2D eigenvalue weighted by Gasteiger charge is 2.39. The Morgan fingerprint density at radius 1 is 1.11 bits per heavy atom. The number of carbonyl (C=O) groups excluding carboxylic acids is 2. The minimum absolute atomic E-state index is 0.0303. The third-order valence-electron chi connectivity index (χ3n) is 6.00. The number of hydrogen-bond donors (Lipinski definition) is 2. The normalized spacial score (nSPS) is 17.1. The van der Waals surface area contributed by atoms with E-state index >= 15 is 0 Å². The number of aromatic amines is 1. The van der Waals surface area contributed by atoms with Gasteiger partial charge in [-0.15, -0.1) is 0 Å². The van der Waals surface area contributed by atoms with Crippen molar-refractivity contribution in [3.8, 4) is 0 Å². The number of carbonyl (C=O) groups is 2. The highest BCUT2D eigenvalue weighted by atomic mass is 35.5. The van der Waals surface area contributed by atoms with E-state index in [1.54, 1.807) is 45.0 Å². The lowest BCUT2D eigenvalue weighted by Gasteiger charge is -2.40. The highest BCUT2D eigenvalue weighted by Crippen LogP contribution is 2.27. The van der Waals surface area contributed by atoms with E-state index in [-0.39, 0.29) is 37.0 Å². The number of rotatable bonds is 6. The lowest BCUT2D eigenvalue weighted by atomic mass is 10.1. The molecule has 2 N–H and O–H groups in total. The summed E-state index contributed by atoms with van der Waals surface area (Å²) >= 11 is 6.05. The molecular formula is C26H31ClN4O5S. The average Bonchev–Trinajstić information content (AvgIpc) is 3.26. The van der Waals surface area contributed by atoms with Gasteiger partial charge in [0.1, 0.15) is 10.6 Å². The fourth-order valence-electron chi connectivity index (χ4n) is 4.22. The molecule has 37 heavy (non-hydrogen) atoms. The number of sulfonamides is 1. The molecule has 1 saturated heterocycles. The molecule has 3 aromatic rings. The molecule has 2 amide bonds. The van der Waals surface area contributed by atoms with Crippen LogP contribution in [0.4, 0.5) is 4.79 Å². The predicted molar refractivity (Wildman–Crippen MR) is 142 cm³/mol. The van der Waals surface area contributed by atoms with Gasteiger partial charge in [0.05, 0.1) is 6.04 Å². The van der Waals surface area contributed by atoms with Crippen LogP contribution in [0.5, 0.6) is 0 Å². The van der Waals surface area contributed by atoms with Crippen LogP contribution in [-0.2, 0) is 26.1 Å². The summed E-state index contributed by atoms with van der Waals surface area (Å²) < 4.78 is 33.9. The quantitative estimate of drug-likeness (QED) is 0.482. The number of ether oxygens (including phenoxy) is 1. The van der Waals surface area contributed by atoms with E-state index in [2.05, 4.69) is 10.3 Å². The Balaban J connectivity index is 1.53. The second-order valence-electron chi connectivity index (χ2n) is 10.0. The topological polar surface area (TPSA) is 112 Å². The molecule has 1 unspecified atom stereocenters. The summed E-state index contributed by atoms with van der Waals surface area (Å²) in [6, 6.07) is 15.4. The first-order valence-electron chi connectivity index (χ1n) is 12.0. The summed E-state index contributed by atoms with van der Waals surface area (Å²) in [5.41, 5.74) is 0.852. The molecule has 1 atom stereocenters. The molecule has 0 spiro atoms. The third kappa shape index (κ3) is 6.63. The Morgan fingerprint density at radius 2 is 1.84 bits per heavy atom. The maximum Gasteiger partial charge on any atom is 0.410 e. The first-order chi connectivity index (χ1) is 17.4. The molecule has 9 nitrogen and oxygen atoms in total. The van der Waals surface area contributed by atoms with Gasteiger partial charge in [-0.1, -0.05) is 41.9 Å². The van der Waals surface area contributed by atoms with Crippen LogP contribution in [0.1, 0.15) is 32.8 Å². The van der Waals surface area contributed by atoms with Gasteiger partial charge in [-0.2, -0.15) is 4.31 Å². The largest absolute Gasteiger partial charge is 0.444 e. The smallest absolute Gasteiger partial charge is 0.410 e. The number of fused-ring (bicyclic) bond motifs is 1. The lowest BCUT2D eigenvalue weighted by Crippen LogP contribution is -2.58. The molecular weight excluding hydrogens is 516 g/mol. The minimum atomic E-state index is -3.92. The van der Waals surface area contributed by atoms with Crippen molar-refractivity contribution in [1.29, 1.82) is 0 Å². The molecule has 2 aromatic carbocycles. The van der Waals surface area contributed by atoms with Gasteiger partial charge in [-0.3, -0.25) is 4.79 Å². The van der Waals surface area contributed by atoms with Crippen molar-refractivity contribution in [2.45, 2.75) is 50.4 Å². The Hall–Kier alpha value is -3.08. The maximum atomic E-state index is 13.5. The minimum Gasteiger partial charge on any atom is -0.444 e. The number of hydrogen-bond acceptors (Lipinski definition) is 5. The van der Waals surface area contributed by atoms with Crippen LogP contribution in [0, 0.1) is 0 Å². The van der Waals surface area contributed by atoms with E-state index in [1.165, 1.54) is 9.21 Å². The first-order valence-corrected chi connectivity index (χ1v) is 13.8. The number of halogens is 1. The van der Waals surface area contributed by atoms with Gasteiger partial charge in [0.2, 0.25) is 5.91 Å². The van der Waals surface area contributed by atoms with Crippen molar-refractivity contribution in [2.24, 2.45) is 0 Å². The van der Waals surface area contributed by atoms with Crippen LogP contribution < -0.4 is 5.32 Å². The Bertz CT molecular complexity index is 1380. The van der Waals surface area contributed by atoms with Crippen molar-refractivity contribution in [1.82, 2.24) is 19.5 Å². The molecule has 0 saturated carbocycles. The molecule has 2 heterocycles. The van der Waals surface area contributed by atoms with E-state index in [0.29, 0.717) is 22.5 Å². The number of aromatic nitrogens is 1. The Labute approximate surface area is 221 Å². The first kappa shape index (κ1) is 27.0. The fraction of sp³-hybridized carbons (Fsp3) is 0.385. The monoisotopic (exact) mass is 546 g/mol. The van der Waals surface area contributed by atoms with Gasteiger partial charge in [0.15, 0.2) is 0 Å². The van der Waals surface area contributed by atoms with Gasteiger partial charge < -0.3 is 19.9 Å². The number of H-pyrrole nitrogens is 1. The van der Waals surface area contributed by atoms with Crippen LogP contribution >= 0.6 is 11.6 Å². The van der Waals surface area contributed by atoms with E-state index in [9.17, 15) is 18.0 Å². The van der Waals surface area contributed by atoms with Crippen LogP contribution in [-0.4, -0.2) is 65.9 Å². The molecule has 198 valence electrons. The van der Waals surface area contributed by atoms with Crippen molar-refractivity contribution in [2.75, 3.05) is 19.6 Å². The van der Waals surface area contributed by atoms with Gasteiger partial charge >= 0.3 is 6.09 Å². The second kappa shape index (κ2) is 10.7. The summed E-state index contributed by atoms with van der Waals surface area (Å²) in [7, 11) is -3.92. The van der Waals surface area contributed by atoms with Gasteiger partial charge in [0.25, 0.3) is 10.0 Å². The van der Waals surface area contributed by atoms with E-state index in [1.807, 2.05) is 30.3 Å². The second-order valence-corrected chi connectivity index (χ2v) is 12.4. The van der Waals surface area contributed by atoms with Crippen LogP contribution in [0.25, 0.3) is 10.9 Å². The van der Waals surface area contributed by atoms with Gasteiger partial charge in [0, 0.05) is 48.5 Å². The van der Waals surface area contributed by atoms with Gasteiger partial charge in [-0.25, -0.2) is 13.2 Å².